The van der Waals surface area contributed by atoms with E-state index in [2.05, 4.69) is 29.5 Å². The third-order valence-corrected chi connectivity index (χ3v) is 5.78. The smallest absolute Gasteiger partial charge is 0.336 e. The zero-order chi connectivity index (χ0) is 18.4. The van der Waals surface area contributed by atoms with Gasteiger partial charge in [0.15, 0.2) is 0 Å². The highest BCUT2D eigenvalue weighted by Gasteiger charge is 2.32. The van der Waals surface area contributed by atoms with E-state index < -0.39 is 0 Å². The maximum Gasteiger partial charge on any atom is 0.336 e. The lowest BCUT2D eigenvalue weighted by Gasteiger charge is -2.36. The van der Waals surface area contributed by atoms with Crippen LogP contribution in [0.5, 0.6) is 0 Å². The van der Waals surface area contributed by atoms with E-state index in [1.165, 1.54) is 22.1 Å². The van der Waals surface area contributed by atoms with Gasteiger partial charge in [-0.25, -0.2) is 10.2 Å². The number of rotatable bonds is 3. The molecule has 0 radical (unpaired) electrons. The van der Waals surface area contributed by atoms with Crippen LogP contribution in [0, 0.1) is 0 Å². The van der Waals surface area contributed by atoms with Gasteiger partial charge in [-0.05, 0) is 56.5 Å². The summed E-state index contributed by atoms with van der Waals surface area (Å²) < 4.78 is 1.82. The lowest BCUT2D eigenvalue weighted by Crippen LogP contribution is -2.39. The molecule has 1 aliphatic carbocycles. The highest BCUT2D eigenvalue weighted by molar-refractivity contribution is 6.04. The summed E-state index contributed by atoms with van der Waals surface area (Å²) in [5, 5.41) is 1.18. The summed E-state index contributed by atoms with van der Waals surface area (Å²) in [7, 11) is 2.19. The van der Waals surface area contributed by atoms with Crippen LogP contribution in [0.2, 0.25) is 0 Å². The third-order valence-electron chi connectivity index (χ3n) is 5.78. The highest BCUT2D eigenvalue weighted by Crippen LogP contribution is 2.42. The summed E-state index contributed by atoms with van der Waals surface area (Å²) in [5.74, 6) is 0. The van der Waals surface area contributed by atoms with Gasteiger partial charge in [0.05, 0.1) is 11.2 Å². The Morgan fingerprint density at radius 1 is 1.35 bits per heavy atom. The van der Waals surface area contributed by atoms with Crippen LogP contribution in [-0.2, 0) is 6.42 Å². The van der Waals surface area contributed by atoms with Crippen LogP contribution < -0.4 is 11.2 Å². The number of nitrogen functional groups attached to an aromatic ring is 1. The Morgan fingerprint density at radius 2 is 2.12 bits per heavy atom. The van der Waals surface area contributed by atoms with E-state index in [0.717, 1.165) is 24.9 Å². The molecule has 1 aliphatic heterocycles. The molecule has 1 atom stereocenters. The molecule has 138 valence electrons. The van der Waals surface area contributed by atoms with Crippen LogP contribution in [-0.4, -0.2) is 53.2 Å². The molecule has 2 aromatic rings. The second-order valence-corrected chi connectivity index (χ2v) is 7.19. The van der Waals surface area contributed by atoms with Crippen molar-refractivity contribution in [2.45, 2.75) is 32.7 Å². The number of aromatic nitrogens is 1. The maximum atomic E-state index is 12.6. The number of nitrogens with zero attached hydrogens (tertiary/aromatic N) is 3. The number of nitrogens with two attached hydrogens (primary N) is 1. The van der Waals surface area contributed by atoms with Gasteiger partial charge in [0.25, 0.3) is 0 Å². The zero-order valence-corrected chi connectivity index (χ0v) is 15.7. The molecule has 26 heavy (non-hydrogen) atoms. The van der Waals surface area contributed by atoms with Crippen LogP contribution in [0.1, 0.15) is 31.4 Å². The summed E-state index contributed by atoms with van der Waals surface area (Å²) in [5.41, 5.74) is 14.8. The number of likely N-dealkylation sites (N-methyl/N-ethyl adjacent to an activating group) is 1. The number of benzene rings is 1. The van der Waals surface area contributed by atoms with Gasteiger partial charge >= 0.3 is 6.03 Å². The van der Waals surface area contributed by atoms with E-state index in [1.54, 1.807) is 4.90 Å². The number of amides is 2. The molecule has 1 aromatic carbocycles. The van der Waals surface area contributed by atoms with Gasteiger partial charge in [0, 0.05) is 37.3 Å². The summed E-state index contributed by atoms with van der Waals surface area (Å²) >= 11 is 0. The number of anilines is 1. The Labute approximate surface area is 154 Å². The fourth-order valence-corrected chi connectivity index (χ4v) is 4.36. The van der Waals surface area contributed by atoms with Gasteiger partial charge in [-0.2, -0.15) is 0 Å². The zero-order valence-electron chi connectivity index (χ0n) is 15.7. The first kappa shape index (κ1) is 17.0. The largest absolute Gasteiger partial charge is 0.397 e. The van der Waals surface area contributed by atoms with Crippen LogP contribution in [0.25, 0.3) is 16.5 Å². The number of carbonyl (C=O) groups is 1. The molecule has 0 bridgehead atoms. The number of hydrogen-bond acceptors (Lipinski definition) is 3. The Balaban J connectivity index is 1.83. The third kappa shape index (κ3) is 2.48. The summed E-state index contributed by atoms with van der Waals surface area (Å²) in [4.78, 5) is 16.8. The van der Waals surface area contributed by atoms with Crippen LogP contribution in [0.15, 0.2) is 24.4 Å². The van der Waals surface area contributed by atoms with Crippen LogP contribution in [0.4, 0.5) is 10.5 Å². The molecule has 0 saturated heterocycles. The molecule has 6 heteroatoms. The van der Waals surface area contributed by atoms with Crippen molar-refractivity contribution in [1.29, 1.82) is 0 Å². The van der Waals surface area contributed by atoms with E-state index >= 15 is 0 Å². The number of urea groups is 1. The number of hydrogen-bond donors (Lipinski definition) is 2. The minimum atomic E-state index is -0.101. The highest BCUT2D eigenvalue weighted by atomic mass is 16.2. The predicted molar refractivity (Wildman–Crippen MR) is 107 cm³/mol. The fraction of sp³-hybridized carbons (Fsp3) is 0.450. The summed E-state index contributed by atoms with van der Waals surface area (Å²) in [6, 6.07) is 4.39. The van der Waals surface area contributed by atoms with Gasteiger partial charge in [-0.3, -0.25) is 9.58 Å². The lowest BCUT2D eigenvalue weighted by atomic mass is 9.82. The fourth-order valence-electron chi connectivity index (χ4n) is 4.36. The van der Waals surface area contributed by atoms with Crippen molar-refractivity contribution in [1.82, 2.24) is 14.5 Å². The van der Waals surface area contributed by atoms with E-state index in [0.29, 0.717) is 24.8 Å². The molecule has 6 nitrogen and oxygen atoms in total. The molecule has 2 aliphatic rings. The van der Waals surface area contributed by atoms with Gasteiger partial charge in [-0.1, -0.05) is 12.1 Å². The lowest BCUT2D eigenvalue weighted by molar-refractivity contribution is 0.214. The van der Waals surface area contributed by atoms with Crippen molar-refractivity contribution in [2.75, 3.05) is 37.8 Å². The van der Waals surface area contributed by atoms with Gasteiger partial charge < -0.3 is 10.6 Å². The van der Waals surface area contributed by atoms with E-state index in [-0.39, 0.29) is 6.03 Å². The Morgan fingerprint density at radius 3 is 2.85 bits per heavy atom. The predicted octanol–water partition coefficient (Wildman–Crippen LogP) is 2.87. The Kier molecular flexibility index (Phi) is 4.15. The maximum absolute atomic E-state index is 12.6. The Bertz CT molecular complexity index is 893. The van der Waals surface area contributed by atoms with Crippen molar-refractivity contribution in [2.24, 2.45) is 0 Å². The van der Waals surface area contributed by atoms with E-state index in [9.17, 15) is 4.79 Å². The molecule has 1 aromatic heterocycles. The molecule has 0 unspecified atom stereocenters. The van der Waals surface area contributed by atoms with Crippen molar-refractivity contribution in [3.63, 3.8) is 0 Å². The molecule has 2 heterocycles. The van der Waals surface area contributed by atoms with Crippen LogP contribution >= 0.6 is 0 Å². The summed E-state index contributed by atoms with van der Waals surface area (Å²) in [6.07, 6.45) is 6.43. The monoisotopic (exact) mass is 353 g/mol. The molecule has 0 saturated carbocycles. The first-order chi connectivity index (χ1) is 12.5. The van der Waals surface area contributed by atoms with Gasteiger partial charge in [-0.15, -0.1) is 0 Å². The molecular formula is C20H27N5O. The minimum Gasteiger partial charge on any atom is -0.397 e. The average Bonchev–Trinajstić information content (AvgIpc) is 2.98. The first-order valence-electron chi connectivity index (χ1n) is 9.44. The standard InChI is InChI=1S/C20H27N5O/c1-4-24(5-2)20(26)22-25-12-13-11-17-14(7-6-10-23(17)3)15-8-9-16(21)19(25)18(13)15/h7-9,12,17H,4-6,10-11,21H2,1-3H3,(H,22,26)/t17-/m1/s1. The molecular weight excluding hydrogens is 326 g/mol. The molecule has 2 amide bonds. The SMILES string of the molecule is CCN(CC)C(=O)Nn1cc2c3c(ccc(N)c31)C1=CCCN(C)[C@@H]1C2. The quantitative estimate of drug-likeness (QED) is 0.834. The molecule has 3 N–H and O–H groups in total. The van der Waals surface area contributed by atoms with Crippen molar-refractivity contribution in [3.05, 3.63) is 35.5 Å². The van der Waals surface area contributed by atoms with Crippen molar-refractivity contribution in [3.8, 4) is 0 Å². The Hall–Kier alpha value is -2.47. The number of fused-ring (bicyclic) bond motifs is 2. The van der Waals surface area contributed by atoms with Gasteiger partial charge in [0.2, 0.25) is 0 Å². The van der Waals surface area contributed by atoms with Crippen molar-refractivity contribution < 1.29 is 4.79 Å². The van der Waals surface area contributed by atoms with E-state index in [1.807, 2.05) is 30.8 Å². The van der Waals surface area contributed by atoms with Gasteiger partial charge in [0.1, 0.15) is 0 Å². The first-order valence-corrected chi connectivity index (χ1v) is 9.44. The molecule has 0 spiro atoms. The topological polar surface area (TPSA) is 66.5 Å². The second-order valence-electron chi connectivity index (χ2n) is 7.19. The molecule has 4 rings (SSSR count). The average molecular weight is 353 g/mol. The van der Waals surface area contributed by atoms with E-state index in [4.69, 9.17) is 5.73 Å². The number of nitrogens with one attached hydrogen (secondary N) is 1. The second kappa shape index (κ2) is 6.36. The van der Waals surface area contributed by atoms with Crippen molar-refractivity contribution >= 4 is 28.2 Å². The van der Waals surface area contributed by atoms with Crippen LogP contribution in [0.3, 0.4) is 0 Å². The summed E-state index contributed by atoms with van der Waals surface area (Å²) in [6.45, 7) is 6.40. The molecule has 0 fully saturated rings. The number of carbonyl (C=O) groups excluding carboxylic acids is 1. The normalized spacial score (nSPS) is 19.2. The minimum absolute atomic E-state index is 0.101.